The molecule has 0 saturated carbocycles. The fraction of sp³-hybridized carbons (Fsp3) is 0.625. The van der Waals surface area contributed by atoms with Crippen molar-refractivity contribution >= 4 is 5.69 Å². The summed E-state index contributed by atoms with van der Waals surface area (Å²) in [6, 6.07) is 6.88. The van der Waals surface area contributed by atoms with Crippen LogP contribution in [0, 0.1) is 0 Å². The van der Waals surface area contributed by atoms with Crippen LogP contribution >= 0.6 is 0 Å². The summed E-state index contributed by atoms with van der Waals surface area (Å²) >= 11 is 0. The molecule has 1 aromatic rings. The summed E-state index contributed by atoms with van der Waals surface area (Å²) in [7, 11) is 0. The fourth-order valence-corrected chi connectivity index (χ4v) is 2.93. The number of aliphatic hydroxyl groups is 1. The Bertz CT molecular complexity index is 400. The van der Waals surface area contributed by atoms with Crippen molar-refractivity contribution in [3.63, 3.8) is 0 Å². The van der Waals surface area contributed by atoms with Gasteiger partial charge >= 0.3 is 0 Å². The molecular formula is C16H26N2O. The lowest BCUT2D eigenvalue weighted by molar-refractivity contribution is 0.200. The molecule has 19 heavy (non-hydrogen) atoms. The summed E-state index contributed by atoms with van der Waals surface area (Å²) in [5, 5.41) is 12.7. The van der Waals surface area contributed by atoms with Gasteiger partial charge in [0.05, 0.1) is 6.61 Å². The van der Waals surface area contributed by atoms with E-state index in [1.807, 2.05) is 6.07 Å². The van der Waals surface area contributed by atoms with E-state index in [1.54, 1.807) is 0 Å². The zero-order valence-electron chi connectivity index (χ0n) is 12.2. The first-order valence-corrected chi connectivity index (χ1v) is 7.49. The van der Waals surface area contributed by atoms with Crippen LogP contribution < -0.4 is 5.32 Å². The van der Waals surface area contributed by atoms with Crippen LogP contribution in [0.5, 0.6) is 0 Å². The molecule has 1 heterocycles. The van der Waals surface area contributed by atoms with Crippen molar-refractivity contribution < 1.29 is 5.11 Å². The average Bonchev–Trinajstić information content (AvgIpc) is 2.46. The summed E-state index contributed by atoms with van der Waals surface area (Å²) in [5.41, 5.74) is 3.57. The van der Waals surface area contributed by atoms with Crippen LogP contribution in [-0.4, -0.2) is 35.7 Å². The number of nitrogens with one attached hydrogen (secondary N) is 1. The van der Waals surface area contributed by atoms with Gasteiger partial charge in [0.1, 0.15) is 0 Å². The molecule has 0 bridgehead atoms. The van der Waals surface area contributed by atoms with E-state index in [1.165, 1.54) is 37.2 Å². The summed E-state index contributed by atoms with van der Waals surface area (Å²) in [6.07, 6.45) is 3.55. The molecule has 2 N–H and O–H groups in total. The van der Waals surface area contributed by atoms with Gasteiger partial charge in [-0.1, -0.05) is 26.0 Å². The number of fused-ring (bicyclic) bond motifs is 1. The third-order valence-corrected chi connectivity index (χ3v) is 3.88. The molecule has 0 saturated heterocycles. The number of hydrogen-bond donors (Lipinski definition) is 2. The minimum Gasteiger partial charge on any atom is -0.392 e. The molecule has 1 unspecified atom stereocenters. The first-order chi connectivity index (χ1) is 9.28. The molecule has 3 heteroatoms. The summed E-state index contributed by atoms with van der Waals surface area (Å²) < 4.78 is 0. The van der Waals surface area contributed by atoms with Gasteiger partial charge < -0.3 is 10.4 Å². The van der Waals surface area contributed by atoms with Crippen molar-refractivity contribution in [1.29, 1.82) is 0 Å². The van der Waals surface area contributed by atoms with Crippen LogP contribution in [0.15, 0.2) is 18.2 Å². The van der Waals surface area contributed by atoms with Crippen molar-refractivity contribution in [2.24, 2.45) is 0 Å². The highest BCUT2D eigenvalue weighted by atomic mass is 16.3. The maximum atomic E-state index is 9.18. The number of aliphatic hydroxyl groups excluding tert-OH is 1. The van der Waals surface area contributed by atoms with E-state index in [0.717, 1.165) is 18.5 Å². The third kappa shape index (κ3) is 3.48. The minimum atomic E-state index is 0.121. The lowest BCUT2D eigenvalue weighted by Gasteiger charge is -2.35. The minimum absolute atomic E-state index is 0.121. The molecule has 3 nitrogen and oxygen atoms in total. The van der Waals surface area contributed by atoms with Gasteiger partial charge in [-0.05, 0) is 49.5 Å². The SMILES string of the molecule is CCCN(CCC)C1CNc2cc(CO)ccc2C1. The van der Waals surface area contributed by atoms with Gasteiger partial charge in [0.2, 0.25) is 0 Å². The molecule has 2 rings (SSSR count). The highest BCUT2D eigenvalue weighted by Crippen LogP contribution is 2.25. The smallest absolute Gasteiger partial charge is 0.0682 e. The zero-order chi connectivity index (χ0) is 13.7. The summed E-state index contributed by atoms with van der Waals surface area (Å²) in [5.74, 6) is 0. The van der Waals surface area contributed by atoms with Gasteiger partial charge in [-0.2, -0.15) is 0 Å². The standard InChI is InChI=1S/C16H26N2O/c1-3-7-18(8-4-2)15-10-14-6-5-13(12-19)9-16(14)17-11-15/h5-6,9,15,17,19H,3-4,7-8,10-12H2,1-2H3. The van der Waals surface area contributed by atoms with E-state index < -0.39 is 0 Å². The molecule has 0 radical (unpaired) electrons. The van der Waals surface area contributed by atoms with Crippen LogP contribution in [-0.2, 0) is 13.0 Å². The molecule has 106 valence electrons. The van der Waals surface area contributed by atoms with Gasteiger partial charge in [0.15, 0.2) is 0 Å². The van der Waals surface area contributed by atoms with E-state index in [0.29, 0.717) is 6.04 Å². The van der Waals surface area contributed by atoms with Crippen molar-refractivity contribution in [3.8, 4) is 0 Å². The predicted octanol–water partition coefficient (Wildman–Crippen LogP) is 2.64. The highest BCUT2D eigenvalue weighted by Gasteiger charge is 2.23. The molecule has 0 spiro atoms. The maximum absolute atomic E-state index is 9.18. The van der Waals surface area contributed by atoms with Crippen molar-refractivity contribution in [2.45, 2.75) is 45.8 Å². The molecule has 0 amide bonds. The first-order valence-electron chi connectivity index (χ1n) is 7.49. The van der Waals surface area contributed by atoms with Gasteiger partial charge in [-0.3, -0.25) is 4.90 Å². The van der Waals surface area contributed by atoms with Gasteiger partial charge in [0, 0.05) is 18.3 Å². The van der Waals surface area contributed by atoms with E-state index in [-0.39, 0.29) is 6.61 Å². The Hall–Kier alpha value is -1.06. The van der Waals surface area contributed by atoms with Crippen molar-refractivity contribution in [2.75, 3.05) is 25.0 Å². The Kier molecular flexibility index (Phi) is 5.23. The third-order valence-electron chi connectivity index (χ3n) is 3.88. The molecule has 0 fully saturated rings. The molecule has 0 aromatic heterocycles. The van der Waals surface area contributed by atoms with Crippen LogP contribution in [0.4, 0.5) is 5.69 Å². The number of anilines is 1. The Labute approximate surface area is 116 Å². The van der Waals surface area contributed by atoms with Crippen LogP contribution in [0.25, 0.3) is 0 Å². The average molecular weight is 262 g/mol. The largest absolute Gasteiger partial charge is 0.392 e. The molecule has 1 aliphatic rings. The normalized spacial score (nSPS) is 18.2. The number of nitrogens with zero attached hydrogens (tertiary/aromatic N) is 1. The first kappa shape index (κ1) is 14.4. The predicted molar refractivity (Wildman–Crippen MR) is 80.5 cm³/mol. The zero-order valence-corrected chi connectivity index (χ0v) is 12.2. The molecule has 0 aliphatic carbocycles. The van der Waals surface area contributed by atoms with Gasteiger partial charge in [-0.15, -0.1) is 0 Å². The summed E-state index contributed by atoms with van der Waals surface area (Å²) in [6.45, 7) is 8.01. The van der Waals surface area contributed by atoms with Crippen LogP contribution in [0.2, 0.25) is 0 Å². The van der Waals surface area contributed by atoms with Crippen LogP contribution in [0.3, 0.4) is 0 Å². The lowest BCUT2D eigenvalue weighted by atomic mass is 9.96. The van der Waals surface area contributed by atoms with E-state index in [9.17, 15) is 5.11 Å². The van der Waals surface area contributed by atoms with E-state index in [2.05, 4.69) is 36.2 Å². The van der Waals surface area contributed by atoms with Crippen LogP contribution in [0.1, 0.15) is 37.8 Å². The van der Waals surface area contributed by atoms with E-state index >= 15 is 0 Å². The second-order valence-electron chi connectivity index (χ2n) is 5.42. The number of rotatable bonds is 6. The topological polar surface area (TPSA) is 35.5 Å². The Morgan fingerprint density at radius 3 is 2.63 bits per heavy atom. The van der Waals surface area contributed by atoms with E-state index in [4.69, 9.17) is 0 Å². The lowest BCUT2D eigenvalue weighted by Crippen LogP contribution is -2.44. The quantitative estimate of drug-likeness (QED) is 0.827. The number of benzene rings is 1. The Balaban J connectivity index is 2.08. The van der Waals surface area contributed by atoms with Gasteiger partial charge in [0.25, 0.3) is 0 Å². The van der Waals surface area contributed by atoms with Gasteiger partial charge in [-0.25, -0.2) is 0 Å². The summed E-state index contributed by atoms with van der Waals surface area (Å²) in [4.78, 5) is 2.61. The molecule has 1 aromatic carbocycles. The Morgan fingerprint density at radius 2 is 2.00 bits per heavy atom. The maximum Gasteiger partial charge on any atom is 0.0682 e. The van der Waals surface area contributed by atoms with Crippen molar-refractivity contribution in [1.82, 2.24) is 4.90 Å². The molecule has 1 atom stereocenters. The van der Waals surface area contributed by atoms with Crippen molar-refractivity contribution in [3.05, 3.63) is 29.3 Å². The highest BCUT2D eigenvalue weighted by molar-refractivity contribution is 5.55. The molecule has 1 aliphatic heterocycles. The number of hydrogen-bond acceptors (Lipinski definition) is 3. The second kappa shape index (κ2) is 6.92. The second-order valence-corrected chi connectivity index (χ2v) is 5.42. The fourth-order valence-electron chi connectivity index (χ4n) is 2.93. The Morgan fingerprint density at radius 1 is 1.26 bits per heavy atom. The monoisotopic (exact) mass is 262 g/mol. The molecular weight excluding hydrogens is 236 g/mol.